The highest BCUT2D eigenvalue weighted by atomic mass is 19.1. The van der Waals surface area contributed by atoms with Gasteiger partial charge in [0.25, 0.3) is 5.91 Å². The standard InChI is InChI=1S/C21H19FN4O2/c1-14(27)25-17-7-9-18(10-8-17)26-20-11-6-16(13-23-20)21(28)24-12-15-4-2-3-5-19(15)22/h2-11,13H,12H2,1H3,(H,23,26)(H,24,28)(H,25,27). The van der Waals surface area contributed by atoms with E-state index >= 15 is 0 Å². The first-order valence-corrected chi connectivity index (χ1v) is 8.63. The molecule has 28 heavy (non-hydrogen) atoms. The van der Waals surface area contributed by atoms with Crippen molar-refractivity contribution in [1.82, 2.24) is 10.3 Å². The molecular weight excluding hydrogens is 359 g/mol. The van der Waals surface area contributed by atoms with E-state index in [-0.39, 0.29) is 24.2 Å². The molecule has 0 saturated heterocycles. The zero-order chi connectivity index (χ0) is 19.9. The third-order valence-corrected chi connectivity index (χ3v) is 3.90. The maximum Gasteiger partial charge on any atom is 0.253 e. The van der Waals surface area contributed by atoms with E-state index in [2.05, 4.69) is 20.9 Å². The van der Waals surface area contributed by atoms with Gasteiger partial charge in [-0.05, 0) is 42.5 Å². The van der Waals surface area contributed by atoms with Crippen LogP contribution in [0.5, 0.6) is 0 Å². The highest BCUT2D eigenvalue weighted by Gasteiger charge is 2.08. The van der Waals surface area contributed by atoms with Crippen molar-refractivity contribution in [3.05, 3.63) is 83.8 Å². The topological polar surface area (TPSA) is 83.1 Å². The molecule has 0 spiro atoms. The molecule has 142 valence electrons. The number of nitrogens with one attached hydrogen (secondary N) is 3. The van der Waals surface area contributed by atoms with Gasteiger partial charge in [-0.3, -0.25) is 9.59 Å². The molecular formula is C21H19FN4O2. The number of aromatic nitrogens is 1. The van der Waals surface area contributed by atoms with E-state index in [0.717, 1.165) is 5.69 Å². The molecule has 0 unspecified atom stereocenters. The Morgan fingerprint density at radius 1 is 0.964 bits per heavy atom. The normalized spacial score (nSPS) is 10.2. The number of benzene rings is 2. The number of nitrogens with zero attached hydrogens (tertiary/aromatic N) is 1. The van der Waals surface area contributed by atoms with E-state index in [4.69, 9.17) is 0 Å². The fourth-order valence-electron chi connectivity index (χ4n) is 2.51. The van der Waals surface area contributed by atoms with Crippen LogP contribution in [0.3, 0.4) is 0 Å². The van der Waals surface area contributed by atoms with Gasteiger partial charge in [0, 0.05) is 36.6 Å². The molecule has 3 N–H and O–H groups in total. The summed E-state index contributed by atoms with van der Waals surface area (Å²) in [6, 6.07) is 16.8. The van der Waals surface area contributed by atoms with Crippen molar-refractivity contribution < 1.29 is 14.0 Å². The predicted molar refractivity (Wildman–Crippen MR) is 106 cm³/mol. The minimum atomic E-state index is -0.356. The zero-order valence-corrected chi connectivity index (χ0v) is 15.2. The van der Waals surface area contributed by atoms with Crippen LogP contribution in [0.2, 0.25) is 0 Å². The Balaban J connectivity index is 1.57. The van der Waals surface area contributed by atoms with Crippen molar-refractivity contribution in [1.29, 1.82) is 0 Å². The summed E-state index contributed by atoms with van der Waals surface area (Å²) in [5.41, 5.74) is 2.29. The second kappa shape index (κ2) is 8.77. The molecule has 2 aromatic carbocycles. The van der Waals surface area contributed by atoms with Crippen molar-refractivity contribution >= 4 is 29.0 Å². The highest BCUT2D eigenvalue weighted by molar-refractivity contribution is 5.94. The number of amides is 2. The van der Waals surface area contributed by atoms with Crippen LogP contribution in [0.1, 0.15) is 22.8 Å². The van der Waals surface area contributed by atoms with Gasteiger partial charge in [-0.1, -0.05) is 18.2 Å². The van der Waals surface area contributed by atoms with Crippen LogP contribution >= 0.6 is 0 Å². The molecule has 0 atom stereocenters. The second-order valence-electron chi connectivity index (χ2n) is 6.09. The maximum absolute atomic E-state index is 13.6. The average molecular weight is 378 g/mol. The summed E-state index contributed by atoms with van der Waals surface area (Å²) in [6.45, 7) is 1.55. The number of rotatable bonds is 6. The van der Waals surface area contributed by atoms with E-state index in [1.807, 2.05) is 12.1 Å². The van der Waals surface area contributed by atoms with E-state index < -0.39 is 0 Å². The van der Waals surface area contributed by atoms with Crippen molar-refractivity contribution in [2.24, 2.45) is 0 Å². The molecule has 3 aromatic rings. The molecule has 0 radical (unpaired) electrons. The molecule has 0 saturated carbocycles. The van der Waals surface area contributed by atoms with Gasteiger partial charge in [0.05, 0.1) is 5.56 Å². The number of hydrogen-bond donors (Lipinski definition) is 3. The molecule has 2 amide bonds. The first kappa shape index (κ1) is 19.0. The van der Waals surface area contributed by atoms with E-state index in [0.29, 0.717) is 22.6 Å². The summed E-state index contributed by atoms with van der Waals surface area (Å²) in [4.78, 5) is 27.5. The smallest absolute Gasteiger partial charge is 0.253 e. The van der Waals surface area contributed by atoms with Crippen LogP contribution in [-0.2, 0) is 11.3 Å². The van der Waals surface area contributed by atoms with Crippen molar-refractivity contribution in [2.75, 3.05) is 10.6 Å². The lowest BCUT2D eigenvalue weighted by Gasteiger charge is -2.09. The first-order chi connectivity index (χ1) is 13.5. The summed E-state index contributed by atoms with van der Waals surface area (Å²) in [5.74, 6) is -0.254. The predicted octanol–water partition coefficient (Wildman–Crippen LogP) is 3.85. The Morgan fingerprint density at radius 3 is 2.32 bits per heavy atom. The number of carbonyl (C=O) groups excluding carboxylic acids is 2. The molecule has 1 aromatic heterocycles. The summed E-state index contributed by atoms with van der Waals surface area (Å²) in [5, 5.41) is 8.48. The maximum atomic E-state index is 13.6. The molecule has 0 aliphatic heterocycles. The van der Waals surface area contributed by atoms with Crippen LogP contribution in [0.15, 0.2) is 66.9 Å². The average Bonchev–Trinajstić information content (AvgIpc) is 2.69. The van der Waals surface area contributed by atoms with Crippen LogP contribution in [0.4, 0.5) is 21.6 Å². The first-order valence-electron chi connectivity index (χ1n) is 8.63. The van der Waals surface area contributed by atoms with Crippen molar-refractivity contribution in [3.63, 3.8) is 0 Å². The van der Waals surface area contributed by atoms with Crippen LogP contribution in [-0.4, -0.2) is 16.8 Å². The Morgan fingerprint density at radius 2 is 1.68 bits per heavy atom. The van der Waals surface area contributed by atoms with Crippen LogP contribution in [0, 0.1) is 5.82 Å². The minimum absolute atomic E-state index is 0.103. The molecule has 7 heteroatoms. The molecule has 0 fully saturated rings. The SMILES string of the molecule is CC(=O)Nc1ccc(Nc2ccc(C(=O)NCc3ccccc3F)cn2)cc1. The highest BCUT2D eigenvalue weighted by Crippen LogP contribution is 2.18. The van der Waals surface area contributed by atoms with Gasteiger partial charge in [-0.2, -0.15) is 0 Å². The van der Waals surface area contributed by atoms with Gasteiger partial charge in [-0.25, -0.2) is 9.37 Å². The lowest BCUT2D eigenvalue weighted by Crippen LogP contribution is -2.23. The van der Waals surface area contributed by atoms with E-state index in [9.17, 15) is 14.0 Å². The number of pyridine rings is 1. The Bertz CT molecular complexity index is 972. The molecule has 0 aliphatic carbocycles. The van der Waals surface area contributed by atoms with Crippen LogP contribution < -0.4 is 16.0 Å². The van der Waals surface area contributed by atoms with Gasteiger partial charge in [0.1, 0.15) is 11.6 Å². The molecule has 1 heterocycles. The van der Waals surface area contributed by atoms with E-state index in [1.54, 1.807) is 42.5 Å². The van der Waals surface area contributed by atoms with Crippen LogP contribution in [0.25, 0.3) is 0 Å². The Labute approximate surface area is 161 Å². The number of hydrogen-bond acceptors (Lipinski definition) is 4. The third-order valence-electron chi connectivity index (χ3n) is 3.90. The lowest BCUT2D eigenvalue weighted by atomic mass is 10.2. The number of halogens is 1. The van der Waals surface area contributed by atoms with Gasteiger partial charge in [-0.15, -0.1) is 0 Å². The molecule has 0 bridgehead atoms. The summed E-state index contributed by atoms with van der Waals surface area (Å²) in [6.07, 6.45) is 1.45. The molecule has 0 aliphatic rings. The van der Waals surface area contributed by atoms with Gasteiger partial charge < -0.3 is 16.0 Å². The Hall–Kier alpha value is -3.74. The molecule has 3 rings (SSSR count). The monoisotopic (exact) mass is 378 g/mol. The largest absolute Gasteiger partial charge is 0.348 e. The minimum Gasteiger partial charge on any atom is -0.348 e. The third kappa shape index (κ3) is 5.14. The van der Waals surface area contributed by atoms with Gasteiger partial charge in [0.15, 0.2) is 0 Å². The fraction of sp³-hybridized carbons (Fsp3) is 0.0952. The fourth-order valence-corrected chi connectivity index (χ4v) is 2.51. The van der Waals surface area contributed by atoms with Gasteiger partial charge in [0.2, 0.25) is 5.91 Å². The number of carbonyl (C=O) groups is 2. The summed E-state index contributed by atoms with van der Waals surface area (Å²) >= 11 is 0. The number of anilines is 3. The van der Waals surface area contributed by atoms with Gasteiger partial charge >= 0.3 is 0 Å². The Kier molecular flexibility index (Phi) is 5.96. The molecule has 6 nitrogen and oxygen atoms in total. The summed E-state index contributed by atoms with van der Waals surface area (Å²) in [7, 11) is 0. The quantitative estimate of drug-likeness (QED) is 0.608. The second-order valence-corrected chi connectivity index (χ2v) is 6.09. The zero-order valence-electron chi connectivity index (χ0n) is 15.2. The lowest BCUT2D eigenvalue weighted by molar-refractivity contribution is -0.114. The van der Waals surface area contributed by atoms with Crippen molar-refractivity contribution in [3.8, 4) is 0 Å². The summed E-state index contributed by atoms with van der Waals surface area (Å²) < 4.78 is 13.6. The van der Waals surface area contributed by atoms with Crippen molar-refractivity contribution in [2.45, 2.75) is 13.5 Å². The van der Waals surface area contributed by atoms with E-state index in [1.165, 1.54) is 19.2 Å².